The molecule has 0 N–H and O–H groups in total. The van der Waals surface area contributed by atoms with Gasteiger partial charge in [0.1, 0.15) is 17.8 Å². The number of para-hydroxylation sites is 1. The van der Waals surface area contributed by atoms with Crippen LogP contribution in [0.2, 0.25) is 10.0 Å². The number of halogens is 2. The Balaban J connectivity index is 1.72. The molecule has 3 aromatic rings. The molecule has 0 bridgehead atoms. The van der Waals surface area contributed by atoms with Gasteiger partial charge >= 0.3 is 0 Å². The number of thioether (sulfide) groups is 1. The van der Waals surface area contributed by atoms with Crippen LogP contribution in [0.15, 0.2) is 61.2 Å². The lowest BCUT2D eigenvalue weighted by molar-refractivity contribution is 0.275. The number of hydrogen-bond donors (Lipinski definition) is 0. The van der Waals surface area contributed by atoms with Gasteiger partial charge in [-0.05, 0) is 36.2 Å². The van der Waals surface area contributed by atoms with Gasteiger partial charge in [0.05, 0.1) is 11.6 Å². The van der Waals surface area contributed by atoms with Crippen LogP contribution in [-0.2, 0) is 6.54 Å². The molecule has 1 heterocycles. The van der Waals surface area contributed by atoms with E-state index in [2.05, 4.69) is 4.98 Å². The van der Waals surface area contributed by atoms with E-state index in [1.165, 1.54) is 0 Å². The van der Waals surface area contributed by atoms with E-state index in [4.69, 9.17) is 27.4 Å². The molecule has 0 fully saturated rings. The van der Waals surface area contributed by atoms with Crippen LogP contribution in [0.1, 0.15) is 16.4 Å². The molecule has 1 aromatic heterocycles. The first-order valence-electron chi connectivity index (χ1n) is 8.04. The molecule has 0 amide bonds. The third-order valence-corrected chi connectivity index (χ3v) is 6.11. The summed E-state index contributed by atoms with van der Waals surface area (Å²) in [7, 11) is 0. The van der Waals surface area contributed by atoms with E-state index in [1.54, 1.807) is 24.7 Å². The van der Waals surface area contributed by atoms with Gasteiger partial charge in [-0.2, -0.15) is 0 Å². The molecular formula is C19H16Cl2N2O2S2. The van der Waals surface area contributed by atoms with Crippen molar-refractivity contribution in [2.75, 3.05) is 0 Å². The Morgan fingerprint density at radius 3 is 2.78 bits per heavy atom. The largest absolute Gasteiger partial charge is 0.416 e. The van der Waals surface area contributed by atoms with Crippen LogP contribution < -0.4 is 4.18 Å². The number of nitrogens with zero attached hydrogens (tertiary/aromatic N) is 2. The molecule has 3 rings (SSSR count). The second kappa shape index (κ2) is 9.55. The summed E-state index contributed by atoms with van der Waals surface area (Å²) in [6.07, 6.45) is 5.25. The van der Waals surface area contributed by atoms with E-state index < -0.39 is 0 Å². The predicted molar refractivity (Wildman–Crippen MR) is 114 cm³/mol. The van der Waals surface area contributed by atoms with Crippen molar-refractivity contribution >= 4 is 51.5 Å². The molecule has 140 valence electrons. The van der Waals surface area contributed by atoms with Gasteiger partial charge in [0.15, 0.2) is 0 Å². The number of carbonyl (C=O) groups excluding carboxylic acids is 1. The summed E-state index contributed by atoms with van der Waals surface area (Å²) in [6.45, 7) is 2.48. The van der Waals surface area contributed by atoms with Crippen LogP contribution in [0.25, 0.3) is 0 Å². The first-order valence-corrected chi connectivity index (χ1v) is 10.4. The average molecular weight is 439 g/mol. The Morgan fingerprint density at radius 2 is 2.07 bits per heavy atom. The molecule has 0 saturated carbocycles. The van der Waals surface area contributed by atoms with Crippen molar-refractivity contribution in [1.82, 2.24) is 9.55 Å². The molecule has 27 heavy (non-hydrogen) atoms. The van der Waals surface area contributed by atoms with E-state index in [9.17, 15) is 4.79 Å². The van der Waals surface area contributed by atoms with Gasteiger partial charge in [-0.3, -0.25) is 4.79 Å². The maximum atomic E-state index is 12.5. The maximum Gasteiger partial charge on any atom is 0.285 e. The molecular weight excluding hydrogens is 423 g/mol. The number of aromatic nitrogens is 2. The van der Waals surface area contributed by atoms with Gasteiger partial charge in [-0.25, -0.2) is 4.98 Å². The zero-order valence-electron chi connectivity index (χ0n) is 14.3. The van der Waals surface area contributed by atoms with E-state index in [0.29, 0.717) is 22.3 Å². The Kier molecular flexibility index (Phi) is 7.13. The topological polar surface area (TPSA) is 44.1 Å². The number of aryl methyl sites for hydroxylation is 1. The second-order valence-corrected chi connectivity index (χ2v) is 8.70. The second-order valence-electron chi connectivity index (χ2n) is 5.71. The molecule has 8 heteroatoms. The van der Waals surface area contributed by atoms with Gasteiger partial charge in [0.2, 0.25) is 0 Å². The molecule has 0 saturated heterocycles. The van der Waals surface area contributed by atoms with Crippen molar-refractivity contribution in [3.05, 3.63) is 82.4 Å². The number of hydrogen-bond acceptors (Lipinski definition) is 5. The first kappa shape index (κ1) is 20.1. The summed E-state index contributed by atoms with van der Waals surface area (Å²) in [5.74, 6) is 0.673. The molecule has 1 atom stereocenters. The molecule has 0 radical (unpaired) electrons. The zero-order chi connectivity index (χ0) is 19.2. The fraction of sp³-hybridized carbons (Fsp3) is 0.158. The van der Waals surface area contributed by atoms with Crippen LogP contribution in [0, 0.1) is 6.92 Å². The maximum absolute atomic E-state index is 12.5. The van der Waals surface area contributed by atoms with Crippen molar-refractivity contribution in [3.8, 4) is 5.75 Å². The Hall–Kier alpha value is -1.60. The highest BCUT2D eigenvalue weighted by Gasteiger charge is 2.22. The fourth-order valence-corrected chi connectivity index (χ4v) is 4.78. The summed E-state index contributed by atoms with van der Waals surface area (Å²) >= 11 is 14.4. The van der Waals surface area contributed by atoms with Crippen LogP contribution in [-0.4, -0.2) is 14.0 Å². The third-order valence-electron chi connectivity index (χ3n) is 3.78. The molecule has 0 aliphatic carbocycles. The number of benzene rings is 2. The molecule has 0 aliphatic rings. The van der Waals surface area contributed by atoms with E-state index in [-0.39, 0.29) is 9.70 Å². The summed E-state index contributed by atoms with van der Waals surface area (Å²) < 4.78 is 7.34. The standard InChI is InChI=1S/C19H16Cl2N2O2S2/c1-13-4-2-3-5-17(13)25-27-19(24)26-18(11-23-9-8-22-12-23)15-7-6-14(20)10-16(15)21/h2-10,12,18H,11H2,1H3. The summed E-state index contributed by atoms with van der Waals surface area (Å²) in [6, 6.07) is 12.9. The monoisotopic (exact) mass is 438 g/mol. The van der Waals surface area contributed by atoms with Gasteiger partial charge < -0.3 is 8.75 Å². The summed E-state index contributed by atoms with van der Waals surface area (Å²) in [4.78, 5) is 16.6. The van der Waals surface area contributed by atoms with E-state index >= 15 is 0 Å². The lowest BCUT2D eigenvalue weighted by atomic mass is 10.1. The van der Waals surface area contributed by atoms with Crippen molar-refractivity contribution < 1.29 is 8.98 Å². The SMILES string of the molecule is Cc1ccccc1OSC(=O)SC(Cn1ccnc1)c1ccc(Cl)cc1Cl. The average Bonchev–Trinajstić information content (AvgIpc) is 3.14. The quantitative estimate of drug-likeness (QED) is 0.394. The Bertz CT molecular complexity index is 920. The van der Waals surface area contributed by atoms with Crippen molar-refractivity contribution in [3.63, 3.8) is 0 Å². The zero-order valence-corrected chi connectivity index (χ0v) is 17.5. The highest BCUT2D eigenvalue weighted by Crippen LogP contribution is 2.39. The smallest absolute Gasteiger partial charge is 0.285 e. The Labute approximate surface area is 176 Å². The molecule has 0 aliphatic heterocycles. The number of carbonyl (C=O) groups is 1. The summed E-state index contributed by atoms with van der Waals surface area (Å²) in [5.41, 5.74) is 1.81. The fourth-order valence-electron chi connectivity index (χ4n) is 2.41. The van der Waals surface area contributed by atoms with Crippen LogP contribution >= 0.6 is 47.0 Å². The van der Waals surface area contributed by atoms with Crippen LogP contribution in [0.5, 0.6) is 5.75 Å². The minimum atomic E-state index is -0.204. The third kappa shape index (κ3) is 5.69. The summed E-state index contributed by atoms with van der Waals surface area (Å²) in [5, 5.41) is 0.876. The lowest BCUT2D eigenvalue weighted by Gasteiger charge is -2.18. The molecule has 0 spiro atoms. The minimum absolute atomic E-state index is 0.158. The Morgan fingerprint density at radius 1 is 1.26 bits per heavy atom. The first-order chi connectivity index (χ1) is 13.0. The van der Waals surface area contributed by atoms with Gasteiger partial charge in [-0.15, -0.1) is 0 Å². The molecule has 2 aromatic carbocycles. The predicted octanol–water partition coefficient (Wildman–Crippen LogP) is 6.82. The lowest BCUT2D eigenvalue weighted by Crippen LogP contribution is -2.07. The van der Waals surface area contributed by atoms with Gasteiger partial charge in [0, 0.05) is 29.0 Å². The highest BCUT2D eigenvalue weighted by molar-refractivity contribution is 8.37. The number of rotatable bonds is 6. The van der Waals surface area contributed by atoms with Gasteiger partial charge in [0.25, 0.3) is 4.45 Å². The normalized spacial score (nSPS) is 12.0. The van der Waals surface area contributed by atoms with Crippen molar-refractivity contribution in [2.45, 2.75) is 18.7 Å². The number of imidazole rings is 1. The molecule has 4 nitrogen and oxygen atoms in total. The van der Waals surface area contributed by atoms with Crippen molar-refractivity contribution in [1.29, 1.82) is 0 Å². The minimum Gasteiger partial charge on any atom is -0.416 e. The van der Waals surface area contributed by atoms with Gasteiger partial charge in [-0.1, -0.05) is 59.2 Å². The van der Waals surface area contributed by atoms with Crippen LogP contribution in [0.4, 0.5) is 4.79 Å². The highest BCUT2D eigenvalue weighted by atomic mass is 35.5. The van der Waals surface area contributed by atoms with E-state index in [0.717, 1.165) is 34.9 Å². The van der Waals surface area contributed by atoms with Crippen molar-refractivity contribution in [2.24, 2.45) is 0 Å². The molecule has 1 unspecified atom stereocenters. The van der Waals surface area contributed by atoms with E-state index in [1.807, 2.05) is 48.0 Å². The van der Waals surface area contributed by atoms with Crippen LogP contribution in [0.3, 0.4) is 0 Å².